The molecular formula is C10H6Br2O2S. The molecule has 0 N–H and O–H groups in total. The fraction of sp³-hybridized carbons (Fsp3) is 0.100. The van der Waals surface area contributed by atoms with Crippen molar-refractivity contribution < 1.29 is 9.21 Å². The maximum atomic E-state index is 11.8. The van der Waals surface area contributed by atoms with Crippen LogP contribution in [0, 0.1) is 0 Å². The Bertz CT molecular complexity index is 487. The quantitative estimate of drug-likeness (QED) is 0.773. The summed E-state index contributed by atoms with van der Waals surface area (Å²) in [4.78, 5) is 12.5. The van der Waals surface area contributed by atoms with E-state index < -0.39 is 0 Å². The van der Waals surface area contributed by atoms with Crippen LogP contribution in [-0.2, 0) is 6.42 Å². The SMILES string of the molecule is O=C(Cc1coc(Br)c1)c1ccc(Br)s1. The second-order valence-electron chi connectivity index (χ2n) is 2.96. The van der Waals surface area contributed by atoms with Gasteiger partial charge in [-0.25, -0.2) is 0 Å². The van der Waals surface area contributed by atoms with Crippen molar-refractivity contribution in [2.24, 2.45) is 0 Å². The first kappa shape index (κ1) is 11.1. The molecule has 0 saturated carbocycles. The van der Waals surface area contributed by atoms with Crippen LogP contribution in [0.1, 0.15) is 15.2 Å². The molecule has 0 atom stereocenters. The summed E-state index contributed by atoms with van der Waals surface area (Å²) in [6.07, 6.45) is 1.96. The van der Waals surface area contributed by atoms with Gasteiger partial charge in [-0.2, -0.15) is 0 Å². The number of furan rings is 1. The third-order valence-electron chi connectivity index (χ3n) is 1.83. The summed E-state index contributed by atoms with van der Waals surface area (Å²) in [7, 11) is 0. The smallest absolute Gasteiger partial charge is 0.177 e. The first-order valence-corrected chi connectivity index (χ1v) is 6.57. The third-order valence-corrected chi connectivity index (χ3v) is 3.91. The minimum absolute atomic E-state index is 0.110. The van der Waals surface area contributed by atoms with Crippen LogP contribution in [0.5, 0.6) is 0 Å². The lowest BCUT2D eigenvalue weighted by atomic mass is 10.1. The Hall–Kier alpha value is -0.390. The van der Waals surface area contributed by atoms with Gasteiger partial charge in [0.15, 0.2) is 10.5 Å². The molecule has 2 aromatic heterocycles. The Labute approximate surface area is 108 Å². The van der Waals surface area contributed by atoms with Crippen LogP contribution in [0.2, 0.25) is 0 Å². The number of rotatable bonds is 3. The average Bonchev–Trinajstić information content (AvgIpc) is 2.75. The molecule has 2 rings (SSSR count). The van der Waals surface area contributed by atoms with E-state index in [1.807, 2.05) is 12.1 Å². The van der Waals surface area contributed by atoms with Gasteiger partial charge in [0.2, 0.25) is 0 Å². The predicted molar refractivity (Wildman–Crippen MR) is 66.5 cm³/mol. The van der Waals surface area contributed by atoms with E-state index in [1.54, 1.807) is 12.3 Å². The number of hydrogen-bond donors (Lipinski definition) is 0. The minimum Gasteiger partial charge on any atom is -0.457 e. The maximum absolute atomic E-state index is 11.8. The fourth-order valence-corrected chi connectivity index (χ4v) is 2.89. The molecule has 0 aliphatic rings. The maximum Gasteiger partial charge on any atom is 0.177 e. The van der Waals surface area contributed by atoms with Gasteiger partial charge in [-0.05, 0) is 55.6 Å². The minimum atomic E-state index is 0.110. The topological polar surface area (TPSA) is 30.2 Å². The molecule has 2 nitrogen and oxygen atoms in total. The Morgan fingerprint density at radius 1 is 1.40 bits per heavy atom. The van der Waals surface area contributed by atoms with E-state index in [0.29, 0.717) is 11.1 Å². The zero-order valence-electron chi connectivity index (χ0n) is 7.50. The van der Waals surface area contributed by atoms with Gasteiger partial charge in [0, 0.05) is 6.42 Å². The van der Waals surface area contributed by atoms with Gasteiger partial charge in [0.05, 0.1) is 14.9 Å². The summed E-state index contributed by atoms with van der Waals surface area (Å²) in [6.45, 7) is 0. The molecule has 5 heteroatoms. The molecule has 0 aliphatic heterocycles. The van der Waals surface area contributed by atoms with Crippen molar-refractivity contribution in [2.45, 2.75) is 6.42 Å². The van der Waals surface area contributed by atoms with E-state index >= 15 is 0 Å². The van der Waals surface area contributed by atoms with Crippen LogP contribution < -0.4 is 0 Å². The standard InChI is InChI=1S/C10H6Br2O2S/c11-9-4-6(5-14-9)3-7(13)8-1-2-10(12)15-8/h1-2,4-5H,3H2. The Balaban J connectivity index is 2.10. The van der Waals surface area contributed by atoms with Gasteiger partial charge in [-0.3, -0.25) is 4.79 Å². The summed E-state index contributed by atoms with van der Waals surface area (Å²) in [5.74, 6) is 0.110. The van der Waals surface area contributed by atoms with E-state index in [1.165, 1.54) is 11.3 Å². The van der Waals surface area contributed by atoms with E-state index in [9.17, 15) is 4.79 Å². The first-order chi connectivity index (χ1) is 7.15. The molecular weight excluding hydrogens is 344 g/mol. The number of halogens is 2. The van der Waals surface area contributed by atoms with E-state index in [0.717, 1.165) is 14.2 Å². The Morgan fingerprint density at radius 2 is 2.20 bits per heavy atom. The monoisotopic (exact) mass is 348 g/mol. The number of ketones is 1. The van der Waals surface area contributed by atoms with Crippen LogP contribution in [0.4, 0.5) is 0 Å². The van der Waals surface area contributed by atoms with Gasteiger partial charge < -0.3 is 4.42 Å². The van der Waals surface area contributed by atoms with Gasteiger partial charge in [0.1, 0.15) is 0 Å². The lowest BCUT2D eigenvalue weighted by molar-refractivity contribution is 0.0996. The van der Waals surface area contributed by atoms with Gasteiger partial charge in [-0.1, -0.05) is 0 Å². The van der Waals surface area contributed by atoms with E-state index in [-0.39, 0.29) is 5.78 Å². The molecule has 15 heavy (non-hydrogen) atoms. The molecule has 0 radical (unpaired) electrons. The van der Waals surface area contributed by atoms with Crippen LogP contribution in [0.15, 0.2) is 37.3 Å². The number of carbonyl (C=O) groups excluding carboxylic acids is 1. The molecule has 0 aliphatic carbocycles. The molecule has 0 unspecified atom stereocenters. The highest BCUT2D eigenvalue weighted by molar-refractivity contribution is 9.11. The van der Waals surface area contributed by atoms with Crippen LogP contribution >= 0.6 is 43.2 Å². The molecule has 0 saturated heterocycles. The molecule has 0 spiro atoms. The predicted octanol–water partition coefficient (Wildman–Crippen LogP) is 4.29. The van der Waals surface area contributed by atoms with Gasteiger partial charge in [0.25, 0.3) is 0 Å². The zero-order chi connectivity index (χ0) is 10.8. The number of thiophene rings is 1. The van der Waals surface area contributed by atoms with Crippen molar-refractivity contribution in [2.75, 3.05) is 0 Å². The van der Waals surface area contributed by atoms with Crippen LogP contribution in [-0.4, -0.2) is 5.78 Å². The summed E-state index contributed by atoms with van der Waals surface area (Å²) in [5.41, 5.74) is 0.886. The van der Waals surface area contributed by atoms with E-state index in [2.05, 4.69) is 31.9 Å². The van der Waals surface area contributed by atoms with Crippen molar-refractivity contribution in [3.8, 4) is 0 Å². The molecule has 2 aromatic rings. The van der Waals surface area contributed by atoms with Crippen molar-refractivity contribution in [3.63, 3.8) is 0 Å². The van der Waals surface area contributed by atoms with Crippen molar-refractivity contribution in [1.82, 2.24) is 0 Å². The van der Waals surface area contributed by atoms with Crippen molar-refractivity contribution >= 4 is 49.0 Å². The lowest BCUT2D eigenvalue weighted by Crippen LogP contribution is -1.99. The average molecular weight is 350 g/mol. The number of Topliss-reactive ketones (excluding diaryl/α,β-unsaturated/α-hetero) is 1. The van der Waals surface area contributed by atoms with E-state index in [4.69, 9.17) is 4.42 Å². The van der Waals surface area contributed by atoms with Crippen molar-refractivity contribution in [3.05, 3.63) is 43.4 Å². The van der Waals surface area contributed by atoms with Crippen LogP contribution in [0.25, 0.3) is 0 Å². The zero-order valence-corrected chi connectivity index (χ0v) is 11.5. The highest BCUT2D eigenvalue weighted by atomic mass is 79.9. The normalized spacial score (nSPS) is 10.5. The lowest BCUT2D eigenvalue weighted by Gasteiger charge is -1.93. The highest BCUT2D eigenvalue weighted by Gasteiger charge is 2.11. The largest absolute Gasteiger partial charge is 0.457 e. The molecule has 78 valence electrons. The molecule has 0 bridgehead atoms. The third kappa shape index (κ3) is 2.80. The Kier molecular flexibility index (Phi) is 3.43. The summed E-state index contributed by atoms with van der Waals surface area (Å²) in [5, 5.41) is 0. The van der Waals surface area contributed by atoms with Gasteiger partial charge >= 0.3 is 0 Å². The van der Waals surface area contributed by atoms with Crippen molar-refractivity contribution in [1.29, 1.82) is 0 Å². The first-order valence-electron chi connectivity index (χ1n) is 4.16. The van der Waals surface area contributed by atoms with Gasteiger partial charge in [-0.15, -0.1) is 11.3 Å². The molecule has 0 aromatic carbocycles. The molecule has 0 amide bonds. The summed E-state index contributed by atoms with van der Waals surface area (Å²) in [6, 6.07) is 5.51. The van der Waals surface area contributed by atoms with Crippen LogP contribution in [0.3, 0.4) is 0 Å². The highest BCUT2D eigenvalue weighted by Crippen LogP contribution is 2.24. The fourth-order valence-electron chi connectivity index (χ4n) is 1.18. The Morgan fingerprint density at radius 3 is 2.73 bits per heavy atom. The number of hydrogen-bond acceptors (Lipinski definition) is 3. The second-order valence-corrected chi connectivity index (χ2v) is 6.21. The molecule has 2 heterocycles. The number of carbonyl (C=O) groups is 1. The summed E-state index contributed by atoms with van der Waals surface area (Å²) >= 11 is 7.98. The second kappa shape index (κ2) is 4.63. The summed E-state index contributed by atoms with van der Waals surface area (Å²) < 4.78 is 6.69. The molecule has 0 fully saturated rings.